The Labute approximate surface area is 122 Å². The molecule has 1 fully saturated rings. The van der Waals surface area contributed by atoms with Gasteiger partial charge in [0.05, 0.1) is 0 Å². The molecule has 0 radical (unpaired) electrons. The Bertz CT molecular complexity index is 354. The third kappa shape index (κ3) is 5.93. The van der Waals surface area contributed by atoms with Gasteiger partial charge in [-0.3, -0.25) is 0 Å². The second-order valence-electron chi connectivity index (χ2n) is 6.20. The van der Waals surface area contributed by atoms with E-state index in [4.69, 9.17) is 10.2 Å². The molecule has 114 valence electrons. The molecule has 1 aliphatic rings. The Morgan fingerprint density at radius 1 is 0.900 bits per heavy atom. The van der Waals surface area contributed by atoms with Crippen LogP contribution in [0.15, 0.2) is 4.42 Å². The summed E-state index contributed by atoms with van der Waals surface area (Å²) >= 11 is 0. The third-order valence-corrected chi connectivity index (χ3v) is 4.46. The Hall–Kier alpha value is -1.06. The molecular weight excluding hydrogens is 250 g/mol. The molecule has 0 spiro atoms. The molecule has 4 nitrogen and oxygen atoms in total. The number of anilines is 1. The molecule has 1 saturated carbocycles. The smallest absolute Gasteiger partial charge is 0.312 e. The Balaban J connectivity index is 1.54. The zero-order chi connectivity index (χ0) is 14.0. The van der Waals surface area contributed by atoms with E-state index in [1.165, 1.54) is 70.6 Å². The minimum atomic E-state index is 0.186. The van der Waals surface area contributed by atoms with Gasteiger partial charge in [0.2, 0.25) is 5.89 Å². The summed E-state index contributed by atoms with van der Waals surface area (Å²) in [6.45, 7) is 0. The fourth-order valence-corrected chi connectivity index (χ4v) is 3.26. The fourth-order valence-electron chi connectivity index (χ4n) is 3.26. The highest BCUT2D eigenvalue weighted by atomic mass is 16.4. The average molecular weight is 279 g/mol. The maximum Gasteiger partial charge on any atom is 0.312 e. The van der Waals surface area contributed by atoms with E-state index in [0.29, 0.717) is 5.89 Å². The Kier molecular flexibility index (Phi) is 6.89. The monoisotopic (exact) mass is 279 g/mol. The van der Waals surface area contributed by atoms with E-state index in [9.17, 15) is 0 Å². The standard InChI is InChI=1S/C16H29N3O/c17-16-19-18-15(20-16)13-9-5-8-12-14-10-6-3-1-2-4-7-11-14/h14H,1-13H2,(H2,17,19). The molecule has 2 rings (SSSR count). The van der Waals surface area contributed by atoms with Crippen LogP contribution in [-0.4, -0.2) is 10.2 Å². The van der Waals surface area contributed by atoms with Crippen molar-refractivity contribution in [2.45, 2.75) is 83.5 Å². The molecule has 2 N–H and O–H groups in total. The van der Waals surface area contributed by atoms with E-state index in [0.717, 1.165) is 18.8 Å². The van der Waals surface area contributed by atoms with E-state index in [1.54, 1.807) is 0 Å². The fraction of sp³-hybridized carbons (Fsp3) is 0.875. The first kappa shape index (κ1) is 15.3. The maximum absolute atomic E-state index is 5.41. The lowest BCUT2D eigenvalue weighted by molar-refractivity contribution is 0.381. The second-order valence-corrected chi connectivity index (χ2v) is 6.20. The summed E-state index contributed by atoms with van der Waals surface area (Å²) in [5.74, 6) is 1.66. The summed E-state index contributed by atoms with van der Waals surface area (Å²) in [7, 11) is 0. The predicted octanol–water partition coefficient (Wildman–Crippen LogP) is 4.51. The van der Waals surface area contributed by atoms with Crippen molar-refractivity contribution in [3.05, 3.63) is 5.89 Å². The van der Waals surface area contributed by atoms with E-state index >= 15 is 0 Å². The number of aromatic nitrogens is 2. The van der Waals surface area contributed by atoms with Crippen LogP contribution in [0.2, 0.25) is 0 Å². The third-order valence-electron chi connectivity index (χ3n) is 4.46. The molecular formula is C16H29N3O. The van der Waals surface area contributed by atoms with Crippen LogP contribution in [0.3, 0.4) is 0 Å². The minimum absolute atomic E-state index is 0.186. The van der Waals surface area contributed by atoms with Crippen LogP contribution in [-0.2, 0) is 6.42 Å². The normalized spacial score (nSPS) is 18.4. The SMILES string of the molecule is Nc1nnc(CCCCCC2CCCCCCCC2)o1. The largest absolute Gasteiger partial charge is 0.408 e. The first-order valence-corrected chi connectivity index (χ1v) is 8.42. The van der Waals surface area contributed by atoms with Gasteiger partial charge in [-0.05, 0) is 12.3 Å². The number of aryl methyl sites for hydroxylation is 1. The van der Waals surface area contributed by atoms with Crippen LogP contribution < -0.4 is 5.73 Å². The van der Waals surface area contributed by atoms with Crippen LogP contribution in [0.5, 0.6) is 0 Å². The van der Waals surface area contributed by atoms with Crippen LogP contribution in [0.25, 0.3) is 0 Å². The first-order chi connectivity index (χ1) is 9.84. The highest BCUT2D eigenvalue weighted by molar-refractivity contribution is 5.04. The number of hydrogen-bond acceptors (Lipinski definition) is 4. The Morgan fingerprint density at radius 3 is 2.25 bits per heavy atom. The number of nitrogens with two attached hydrogens (primary N) is 1. The van der Waals surface area contributed by atoms with Crippen LogP contribution in [0, 0.1) is 5.92 Å². The molecule has 1 aromatic rings. The number of rotatable bonds is 6. The molecule has 0 bridgehead atoms. The van der Waals surface area contributed by atoms with Crippen LogP contribution in [0.1, 0.15) is 82.9 Å². The quantitative estimate of drug-likeness (QED) is 0.778. The van der Waals surface area contributed by atoms with Crippen molar-refractivity contribution < 1.29 is 4.42 Å². The number of nitrogen functional groups attached to an aromatic ring is 1. The van der Waals surface area contributed by atoms with Gasteiger partial charge in [0, 0.05) is 6.42 Å². The van der Waals surface area contributed by atoms with Gasteiger partial charge in [0.25, 0.3) is 0 Å². The summed E-state index contributed by atoms with van der Waals surface area (Å²) in [4.78, 5) is 0. The molecule has 0 aromatic carbocycles. The molecule has 1 aliphatic carbocycles. The summed E-state index contributed by atoms with van der Waals surface area (Å²) in [6, 6.07) is 0.186. The van der Waals surface area contributed by atoms with Gasteiger partial charge < -0.3 is 10.2 Å². The zero-order valence-corrected chi connectivity index (χ0v) is 12.6. The second kappa shape index (κ2) is 8.98. The van der Waals surface area contributed by atoms with Gasteiger partial charge in [0.15, 0.2) is 0 Å². The lowest BCUT2D eigenvalue weighted by Gasteiger charge is -2.15. The number of hydrogen-bond donors (Lipinski definition) is 1. The molecule has 1 heterocycles. The lowest BCUT2D eigenvalue weighted by atomic mass is 9.91. The first-order valence-electron chi connectivity index (χ1n) is 8.42. The van der Waals surface area contributed by atoms with Crippen molar-refractivity contribution in [1.29, 1.82) is 0 Å². The number of nitrogens with zero attached hydrogens (tertiary/aromatic N) is 2. The summed E-state index contributed by atoms with van der Waals surface area (Å²) in [5, 5.41) is 7.57. The van der Waals surface area contributed by atoms with Gasteiger partial charge in [-0.1, -0.05) is 75.7 Å². The molecule has 0 amide bonds. The lowest BCUT2D eigenvalue weighted by Crippen LogP contribution is -2.00. The zero-order valence-electron chi connectivity index (χ0n) is 12.6. The molecule has 0 atom stereocenters. The molecule has 0 aliphatic heterocycles. The van der Waals surface area contributed by atoms with Gasteiger partial charge in [-0.2, -0.15) is 0 Å². The van der Waals surface area contributed by atoms with Gasteiger partial charge in [-0.15, -0.1) is 5.10 Å². The van der Waals surface area contributed by atoms with Crippen molar-refractivity contribution in [2.24, 2.45) is 5.92 Å². The highest BCUT2D eigenvalue weighted by Gasteiger charge is 2.10. The van der Waals surface area contributed by atoms with Crippen LogP contribution >= 0.6 is 0 Å². The van der Waals surface area contributed by atoms with Crippen molar-refractivity contribution >= 4 is 6.01 Å². The van der Waals surface area contributed by atoms with E-state index < -0.39 is 0 Å². The topological polar surface area (TPSA) is 64.9 Å². The maximum atomic E-state index is 5.41. The average Bonchev–Trinajstić information content (AvgIpc) is 2.90. The van der Waals surface area contributed by atoms with Gasteiger partial charge in [-0.25, -0.2) is 0 Å². The number of unbranched alkanes of at least 4 members (excludes halogenated alkanes) is 2. The van der Waals surface area contributed by atoms with Crippen molar-refractivity contribution in [3.63, 3.8) is 0 Å². The van der Waals surface area contributed by atoms with E-state index in [2.05, 4.69) is 10.2 Å². The molecule has 0 unspecified atom stereocenters. The van der Waals surface area contributed by atoms with Crippen LogP contribution in [0.4, 0.5) is 6.01 Å². The van der Waals surface area contributed by atoms with Crippen molar-refractivity contribution in [3.8, 4) is 0 Å². The Morgan fingerprint density at radius 2 is 1.60 bits per heavy atom. The van der Waals surface area contributed by atoms with Crippen molar-refractivity contribution in [2.75, 3.05) is 5.73 Å². The van der Waals surface area contributed by atoms with E-state index in [-0.39, 0.29) is 6.01 Å². The summed E-state index contributed by atoms with van der Waals surface area (Å²) < 4.78 is 5.18. The highest BCUT2D eigenvalue weighted by Crippen LogP contribution is 2.26. The van der Waals surface area contributed by atoms with E-state index in [1.807, 2.05) is 0 Å². The predicted molar refractivity (Wildman–Crippen MR) is 81.3 cm³/mol. The summed E-state index contributed by atoms with van der Waals surface area (Å²) in [6.07, 6.45) is 17.7. The van der Waals surface area contributed by atoms with Gasteiger partial charge in [0.1, 0.15) is 0 Å². The van der Waals surface area contributed by atoms with Gasteiger partial charge >= 0.3 is 6.01 Å². The summed E-state index contributed by atoms with van der Waals surface area (Å²) in [5.41, 5.74) is 5.41. The molecule has 1 aromatic heterocycles. The molecule has 0 saturated heterocycles. The molecule has 4 heteroatoms. The minimum Gasteiger partial charge on any atom is -0.408 e. The van der Waals surface area contributed by atoms with Crippen molar-refractivity contribution in [1.82, 2.24) is 10.2 Å². The molecule has 20 heavy (non-hydrogen) atoms.